The summed E-state index contributed by atoms with van der Waals surface area (Å²) in [5.74, 6) is 0.00709. The fraction of sp³-hybridized carbons (Fsp3) is 0.182. The van der Waals surface area contributed by atoms with Crippen molar-refractivity contribution in [2.45, 2.75) is 13.8 Å². The van der Waals surface area contributed by atoms with Crippen LogP contribution in [0.15, 0.2) is 71.3 Å². The first kappa shape index (κ1) is 19.1. The zero-order chi connectivity index (χ0) is 19.2. The number of aromatic nitrogens is 2. The molecule has 0 radical (unpaired) electrons. The van der Waals surface area contributed by atoms with E-state index < -0.39 is 0 Å². The fourth-order valence-corrected chi connectivity index (χ4v) is 3.28. The first-order valence-corrected chi connectivity index (χ1v) is 9.79. The Morgan fingerprint density at radius 3 is 2.52 bits per heavy atom. The number of halogens is 1. The number of hydrogen-bond acceptors (Lipinski definition) is 2. The molecule has 0 saturated carbocycles. The molecule has 0 atom stereocenters. The van der Waals surface area contributed by atoms with Crippen LogP contribution in [-0.4, -0.2) is 33.7 Å². The molecular formula is C22H22BrN3O. The molecule has 4 nitrogen and oxygen atoms in total. The summed E-state index contributed by atoms with van der Waals surface area (Å²) < 4.78 is 2.83. The molecule has 3 aromatic rings. The highest BCUT2D eigenvalue weighted by molar-refractivity contribution is 9.10. The molecule has 2 aromatic carbocycles. The lowest BCUT2D eigenvalue weighted by molar-refractivity contribution is -0.125. The van der Waals surface area contributed by atoms with E-state index in [-0.39, 0.29) is 5.91 Å². The number of carbonyl (C=O) groups is 1. The number of rotatable bonds is 6. The van der Waals surface area contributed by atoms with Crippen LogP contribution in [0, 0.1) is 0 Å². The topological polar surface area (TPSA) is 38.1 Å². The van der Waals surface area contributed by atoms with E-state index in [9.17, 15) is 4.79 Å². The molecule has 3 rings (SSSR count). The number of benzene rings is 2. The van der Waals surface area contributed by atoms with Gasteiger partial charge in [-0.15, -0.1) is 0 Å². The maximum atomic E-state index is 12.4. The molecule has 0 spiro atoms. The minimum Gasteiger partial charge on any atom is -0.340 e. The maximum Gasteiger partial charge on any atom is 0.246 e. The quantitative estimate of drug-likeness (QED) is 0.512. The zero-order valence-corrected chi connectivity index (χ0v) is 17.1. The minimum atomic E-state index is 0.00709. The first-order chi connectivity index (χ1) is 13.1. The molecule has 0 aliphatic carbocycles. The summed E-state index contributed by atoms with van der Waals surface area (Å²) >= 11 is 3.52. The van der Waals surface area contributed by atoms with Gasteiger partial charge in [-0.2, -0.15) is 5.10 Å². The molecule has 1 amide bonds. The highest BCUT2D eigenvalue weighted by Gasteiger charge is 2.12. The summed E-state index contributed by atoms with van der Waals surface area (Å²) in [4.78, 5) is 14.2. The summed E-state index contributed by atoms with van der Waals surface area (Å²) in [5, 5.41) is 4.77. The molecule has 0 unspecified atom stereocenters. The molecule has 0 aliphatic rings. The van der Waals surface area contributed by atoms with Crippen LogP contribution in [0.4, 0.5) is 0 Å². The van der Waals surface area contributed by atoms with Crippen molar-refractivity contribution >= 4 is 27.9 Å². The molecule has 0 N–H and O–H groups in total. The summed E-state index contributed by atoms with van der Waals surface area (Å²) in [5.41, 5.74) is 3.71. The van der Waals surface area contributed by atoms with Crippen molar-refractivity contribution in [3.8, 4) is 16.9 Å². The van der Waals surface area contributed by atoms with Crippen molar-refractivity contribution in [3.05, 3.63) is 76.9 Å². The standard InChI is InChI=1S/C22H22BrN3O/c1-3-25(4-2)21(27)14-13-18-16-26(20-11-6-5-7-12-20)24-22(18)17-9-8-10-19(23)15-17/h5-16H,3-4H2,1-2H3/b14-13-. The van der Waals surface area contributed by atoms with Crippen LogP contribution >= 0.6 is 15.9 Å². The second kappa shape index (κ2) is 8.82. The Morgan fingerprint density at radius 1 is 1.11 bits per heavy atom. The lowest BCUT2D eigenvalue weighted by Gasteiger charge is -2.15. The zero-order valence-electron chi connectivity index (χ0n) is 15.5. The molecule has 0 bridgehead atoms. The van der Waals surface area contributed by atoms with Gasteiger partial charge >= 0.3 is 0 Å². The van der Waals surface area contributed by atoms with Gasteiger partial charge < -0.3 is 4.90 Å². The lowest BCUT2D eigenvalue weighted by Crippen LogP contribution is -2.28. The van der Waals surface area contributed by atoms with Gasteiger partial charge in [-0.3, -0.25) is 4.79 Å². The average Bonchev–Trinajstić information content (AvgIpc) is 3.12. The molecule has 0 saturated heterocycles. The van der Waals surface area contributed by atoms with Crippen LogP contribution in [0.3, 0.4) is 0 Å². The highest BCUT2D eigenvalue weighted by Crippen LogP contribution is 2.27. The Labute approximate surface area is 168 Å². The number of likely N-dealkylation sites (N-methyl/N-ethyl adjacent to an activating group) is 1. The van der Waals surface area contributed by atoms with Gasteiger partial charge in [0.25, 0.3) is 0 Å². The van der Waals surface area contributed by atoms with Crippen molar-refractivity contribution in [2.75, 3.05) is 13.1 Å². The second-order valence-corrected chi connectivity index (χ2v) is 6.98. The van der Waals surface area contributed by atoms with Crippen molar-refractivity contribution in [1.29, 1.82) is 0 Å². The predicted molar refractivity (Wildman–Crippen MR) is 114 cm³/mol. The third-order valence-corrected chi connectivity index (χ3v) is 4.84. The van der Waals surface area contributed by atoms with Crippen LogP contribution < -0.4 is 0 Å². The van der Waals surface area contributed by atoms with E-state index in [1.807, 2.05) is 85.4 Å². The normalized spacial score (nSPS) is 11.1. The number of para-hydroxylation sites is 1. The molecule has 0 aliphatic heterocycles. The smallest absolute Gasteiger partial charge is 0.246 e. The lowest BCUT2D eigenvalue weighted by atomic mass is 10.1. The molecule has 1 aromatic heterocycles. The molecular weight excluding hydrogens is 402 g/mol. The van der Waals surface area contributed by atoms with Crippen molar-refractivity contribution in [3.63, 3.8) is 0 Å². The van der Waals surface area contributed by atoms with Gasteiger partial charge in [-0.1, -0.05) is 46.3 Å². The number of hydrogen-bond donors (Lipinski definition) is 0. The Hall–Kier alpha value is -2.66. The average molecular weight is 424 g/mol. The summed E-state index contributed by atoms with van der Waals surface area (Å²) in [6, 6.07) is 18.0. The van der Waals surface area contributed by atoms with Crippen molar-refractivity contribution < 1.29 is 4.79 Å². The van der Waals surface area contributed by atoms with E-state index in [2.05, 4.69) is 15.9 Å². The van der Waals surface area contributed by atoms with E-state index in [0.717, 1.165) is 27.0 Å². The van der Waals surface area contributed by atoms with Crippen LogP contribution in [0.1, 0.15) is 19.4 Å². The molecule has 1 heterocycles. The van der Waals surface area contributed by atoms with E-state index >= 15 is 0 Å². The minimum absolute atomic E-state index is 0.00709. The Bertz CT molecular complexity index is 943. The van der Waals surface area contributed by atoms with Crippen LogP contribution in [0.5, 0.6) is 0 Å². The molecule has 0 fully saturated rings. The Kier molecular flexibility index (Phi) is 6.24. The van der Waals surface area contributed by atoms with E-state index in [0.29, 0.717) is 13.1 Å². The van der Waals surface area contributed by atoms with Crippen LogP contribution in [-0.2, 0) is 4.79 Å². The van der Waals surface area contributed by atoms with Gasteiger partial charge in [0.15, 0.2) is 0 Å². The van der Waals surface area contributed by atoms with Gasteiger partial charge in [0.05, 0.1) is 11.4 Å². The SMILES string of the molecule is CCN(CC)C(=O)/C=C\c1cn(-c2ccccc2)nc1-c1cccc(Br)c1. The highest BCUT2D eigenvalue weighted by atomic mass is 79.9. The second-order valence-electron chi connectivity index (χ2n) is 6.07. The Balaban J connectivity index is 2.03. The molecule has 27 heavy (non-hydrogen) atoms. The van der Waals surface area contributed by atoms with Crippen LogP contribution in [0.25, 0.3) is 23.0 Å². The first-order valence-electron chi connectivity index (χ1n) is 9.00. The molecule has 138 valence electrons. The van der Waals surface area contributed by atoms with Gasteiger partial charge in [0.2, 0.25) is 5.91 Å². The van der Waals surface area contributed by atoms with Gasteiger partial charge in [-0.25, -0.2) is 4.68 Å². The predicted octanol–water partition coefficient (Wildman–Crippen LogP) is 5.18. The third-order valence-electron chi connectivity index (χ3n) is 4.34. The summed E-state index contributed by atoms with van der Waals surface area (Å²) in [7, 11) is 0. The van der Waals surface area contributed by atoms with E-state index in [1.165, 1.54) is 0 Å². The van der Waals surface area contributed by atoms with Crippen molar-refractivity contribution in [2.24, 2.45) is 0 Å². The van der Waals surface area contributed by atoms with Gasteiger partial charge in [-0.05, 0) is 44.2 Å². The number of nitrogens with zero attached hydrogens (tertiary/aromatic N) is 3. The maximum absolute atomic E-state index is 12.4. The summed E-state index contributed by atoms with van der Waals surface area (Å²) in [6.07, 6.45) is 5.43. The Morgan fingerprint density at radius 2 is 1.85 bits per heavy atom. The number of carbonyl (C=O) groups excluding carboxylic acids is 1. The summed E-state index contributed by atoms with van der Waals surface area (Å²) in [6.45, 7) is 5.36. The fourth-order valence-electron chi connectivity index (χ4n) is 2.88. The van der Waals surface area contributed by atoms with Gasteiger partial charge in [0.1, 0.15) is 0 Å². The van der Waals surface area contributed by atoms with E-state index in [1.54, 1.807) is 11.0 Å². The van der Waals surface area contributed by atoms with Gasteiger partial charge in [0, 0.05) is 41.0 Å². The monoisotopic (exact) mass is 423 g/mol. The van der Waals surface area contributed by atoms with E-state index in [4.69, 9.17) is 5.10 Å². The molecule has 5 heteroatoms. The van der Waals surface area contributed by atoms with Crippen LogP contribution in [0.2, 0.25) is 0 Å². The largest absolute Gasteiger partial charge is 0.340 e. The third kappa shape index (κ3) is 4.55. The van der Waals surface area contributed by atoms with Crippen molar-refractivity contribution in [1.82, 2.24) is 14.7 Å². The number of amides is 1.